The third kappa shape index (κ3) is 3.51. The normalized spacial score (nSPS) is 19.7. The number of pyridine rings is 1. The minimum atomic E-state index is -4.53. The largest absolute Gasteiger partial charge is 0.480 e. The van der Waals surface area contributed by atoms with Gasteiger partial charge in [-0.05, 0) is 36.6 Å². The van der Waals surface area contributed by atoms with Crippen LogP contribution in [0, 0.1) is 0 Å². The molecular weight excluding hydrogens is 333 g/mol. The van der Waals surface area contributed by atoms with Crippen molar-refractivity contribution in [3.63, 3.8) is 0 Å². The Labute approximate surface area is 142 Å². The first-order valence-corrected chi connectivity index (χ1v) is 7.95. The van der Waals surface area contributed by atoms with Gasteiger partial charge in [-0.1, -0.05) is 24.3 Å². The number of nitrogens with zero attached hydrogens (tertiary/aromatic N) is 2. The van der Waals surface area contributed by atoms with E-state index in [1.807, 2.05) is 0 Å². The maximum atomic E-state index is 13.5. The Kier molecular flexibility index (Phi) is 4.76. The van der Waals surface area contributed by atoms with Gasteiger partial charge in [0.25, 0.3) is 0 Å². The Hall–Kier alpha value is -2.41. The molecule has 3 rings (SSSR count). The number of carbonyl (C=O) groups is 1. The summed E-state index contributed by atoms with van der Waals surface area (Å²) < 4.78 is 40.5. The van der Waals surface area contributed by atoms with Gasteiger partial charge < -0.3 is 5.11 Å². The number of benzene rings is 1. The van der Waals surface area contributed by atoms with Gasteiger partial charge in [-0.25, -0.2) is 0 Å². The summed E-state index contributed by atoms with van der Waals surface area (Å²) in [4.78, 5) is 17.4. The summed E-state index contributed by atoms with van der Waals surface area (Å²) in [5.41, 5.74) is -0.323. The molecule has 132 valence electrons. The Morgan fingerprint density at radius 1 is 1.20 bits per heavy atom. The molecule has 2 unspecified atom stereocenters. The van der Waals surface area contributed by atoms with Crippen LogP contribution in [0.4, 0.5) is 13.2 Å². The van der Waals surface area contributed by atoms with Crippen LogP contribution in [0.2, 0.25) is 0 Å². The van der Waals surface area contributed by atoms with E-state index in [1.165, 1.54) is 24.4 Å². The average Bonchev–Trinajstić information content (AvgIpc) is 3.05. The lowest BCUT2D eigenvalue weighted by molar-refractivity contribution is -0.143. The fraction of sp³-hybridized carbons (Fsp3) is 0.333. The minimum Gasteiger partial charge on any atom is -0.480 e. The SMILES string of the molecule is O=C(O)C1CCCN1C(c1ccccn1)c1ccccc1C(F)(F)F. The minimum absolute atomic E-state index is 0.0295. The van der Waals surface area contributed by atoms with E-state index in [4.69, 9.17) is 0 Å². The number of carboxylic acid groups (broad SMARTS) is 1. The molecule has 0 radical (unpaired) electrons. The quantitative estimate of drug-likeness (QED) is 0.913. The standard InChI is InChI=1S/C18H17F3N2O2/c19-18(20,21)13-7-2-1-6-12(13)16(14-8-3-4-10-22-14)23-11-5-9-15(23)17(24)25/h1-4,6-8,10,15-16H,5,9,11H2,(H,24,25). The van der Waals surface area contributed by atoms with Gasteiger partial charge in [-0.3, -0.25) is 14.7 Å². The van der Waals surface area contributed by atoms with Gasteiger partial charge in [0.15, 0.2) is 0 Å². The fourth-order valence-corrected chi connectivity index (χ4v) is 3.40. The van der Waals surface area contributed by atoms with Crippen molar-refractivity contribution in [3.8, 4) is 0 Å². The molecule has 0 bridgehead atoms. The van der Waals surface area contributed by atoms with Crippen LogP contribution in [-0.2, 0) is 11.0 Å². The number of aromatic nitrogens is 1. The van der Waals surface area contributed by atoms with E-state index < -0.39 is 29.8 Å². The lowest BCUT2D eigenvalue weighted by Gasteiger charge is -2.32. The highest BCUT2D eigenvalue weighted by Crippen LogP contribution is 2.40. The van der Waals surface area contributed by atoms with E-state index in [0.29, 0.717) is 25.1 Å². The van der Waals surface area contributed by atoms with E-state index in [2.05, 4.69) is 4.98 Å². The van der Waals surface area contributed by atoms with Crippen LogP contribution >= 0.6 is 0 Å². The zero-order valence-corrected chi connectivity index (χ0v) is 13.3. The van der Waals surface area contributed by atoms with E-state index in [0.717, 1.165) is 6.07 Å². The summed E-state index contributed by atoms with van der Waals surface area (Å²) in [7, 11) is 0. The number of rotatable bonds is 4. The van der Waals surface area contributed by atoms with Crippen LogP contribution in [0.1, 0.15) is 35.7 Å². The van der Waals surface area contributed by atoms with E-state index in [9.17, 15) is 23.1 Å². The molecule has 2 heterocycles. The summed E-state index contributed by atoms with van der Waals surface area (Å²) in [5, 5.41) is 9.47. The van der Waals surface area contributed by atoms with Crippen molar-refractivity contribution in [1.29, 1.82) is 0 Å². The molecule has 4 nitrogen and oxygen atoms in total. The highest BCUT2D eigenvalue weighted by molar-refractivity contribution is 5.74. The fourth-order valence-electron chi connectivity index (χ4n) is 3.40. The number of hydrogen-bond acceptors (Lipinski definition) is 3. The monoisotopic (exact) mass is 350 g/mol. The first-order valence-electron chi connectivity index (χ1n) is 7.95. The highest BCUT2D eigenvalue weighted by Gasteiger charge is 2.41. The first kappa shape index (κ1) is 17.4. The first-order chi connectivity index (χ1) is 11.9. The van der Waals surface area contributed by atoms with Crippen molar-refractivity contribution >= 4 is 5.97 Å². The molecule has 2 aromatic rings. The van der Waals surface area contributed by atoms with Gasteiger partial charge >= 0.3 is 12.1 Å². The molecule has 1 aliphatic rings. The molecule has 1 fully saturated rings. The van der Waals surface area contributed by atoms with Crippen molar-refractivity contribution in [2.75, 3.05) is 6.54 Å². The number of likely N-dealkylation sites (tertiary alicyclic amines) is 1. The number of alkyl halides is 3. The molecule has 25 heavy (non-hydrogen) atoms. The second-order valence-electron chi connectivity index (χ2n) is 5.98. The van der Waals surface area contributed by atoms with Crippen LogP contribution in [0.25, 0.3) is 0 Å². The van der Waals surface area contributed by atoms with Crippen molar-refractivity contribution in [1.82, 2.24) is 9.88 Å². The van der Waals surface area contributed by atoms with Gasteiger partial charge in [-0.2, -0.15) is 13.2 Å². The molecule has 0 amide bonds. The molecule has 2 atom stereocenters. The summed E-state index contributed by atoms with van der Waals surface area (Å²) in [6.07, 6.45) is -1.99. The molecule has 1 aromatic heterocycles. The molecule has 1 aliphatic heterocycles. The van der Waals surface area contributed by atoms with Crippen molar-refractivity contribution in [3.05, 3.63) is 65.5 Å². The predicted molar refractivity (Wildman–Crippen MR) is 84.9 cm³/mol. The van der Waals surface area contributed by atoms with Gasteiger partial charge in [0.1, 0.15) is 6.04 Å². The Morgan fingerprint density at radius 2 is 1.92 bits per heavy atom. The Bertz CT molecular complexity index is 749. The molecule has 0 saturated carbocycles. The topological polar surface area (TPSA) is 53.4 Å². The van der Waals surface area contributed by atoms with E-state index >= 15 is 0 Å². The average molecular weight is 350 g/mol. The summed E-state index contributed by atoms with van der Waals surface area (Å²) in [5.74, 6) is -1.03. The lowest BCUT2D eigenvalue weighted by Crippen LogP contribution is -2.40. The summed E-state index contributed by atoms with van der Waals surface area (Å²) in [6, 6.07) is 8.61. The zero-order valence-electron chi connectivity index (χ0n) is 13.3. The zero-order chi connectivity index (χ0) is 18.0. The maximum Gasteiger partial charge on any atom is 0.416 e. The van der Waals surface area contributed by atoms with Crippen LogP contribution in [-0.4, -0.2) is 33.5 Å². The van der Waals surface area contributed by atoms with Crippen molar-refractivity contribution in [2.45, 2.75) is 31.1 Å². The Balaban J connectivity index is 2.15. The molecule has 0 aliphatic carbocycles. The molecule has 1 saturated heterocycles. The highest BCUT2D eigenvalue weighted by atomic mass is 19.4. The van der Waals surface area contributed by atoms with Crippen LogP contribution in [0.3, 0.4) is 0 Å². The summed E-state index contributed by atoms with van der Waals surface area (Å²) >= 11 is 0. The smallest absolute Gasteiger partial charge is 0.416 e. The number of carboxylic acids is 1. The summed E-state index contributed by atoms with van der Waals surface area (Å²) in [6.45, 7) is 0.407. The van der Waals surface area contributed by atoms with Gasteiger partial charge in [0.05, 0.1) is 17.3 Å². The van der Waals surface area contributed by atoms with Crippen molar-refractivity contribution < 1.29 is 23.1 Å². The Morgan fingerprint density at radius 3 is 2.56 bits per heavy atom. The predicted octanol–water partition coefficient (Wildman–Crippen LogP) is 3.74. The maximum absolute atomic E-state index is 13.5. The van der Waals surface area contributed by atoms with Gasteiger partial charge in [-0.15, -0.1) is 0 Å². The molecule has 0 spiro atoms. The van der Waals surface area contributed by atoms with E-state index in [-0.39, 0.29) is 5.56 Å². The van der Waals surface area contributed by atoms with Crippen LogP contribution in [0.5, 0.6) is 0 Å². The third-order valence-corrected chi connectivity index (χ3v) is 4.44. The molecule has 1 N–H and O–H groups in total. The van der Waals surface area contributed by atoms with Crippen molar-refractivity contribution in [2.24, 2.45) is 0 Å². The van der Waals surface area contributed by atoms with Crippen LogP contribution in [0.15, 0.2) is 48.7 Å². The number of hydrogen-bond donors (Lipinski definition) is 1. The molecule has 7 heteroatoms. The second kappa shape index (κ2) is 6.84. The molecular formula is C18H17F3N2O2. The molecule has 1 aromatic carbocycles. The number of halogens is 3. The van der Waals surface area contributed by atoms with Gasteiger partial charge in [0.2, 0.25) is 0 Å². The number of aliphatic carboxylic acids is 1. The van der Waals surface area contributed by atoms with Gasteiger partial charge in [0, 0.05) is 12.7 Å². The third-order valence-electron chi connectivity index (χ3n) is 4.44. The lowest BCUT2D eigenvalue weighted by atomic mass is 9.95. The van der Waals surface area contributed by atoms with E-state index in [1.54, 1.807) is 23.1 Å². The second-order valence-corrected chi connectivity index (χ2v) is 5.98. The van der Waals surface area contributed by atoms with Crippen LogP contribution < -0.4 is 0 Å².